The zero-order valence-electron chi connectivity index (χ0n) is 12.4. The van der Waals surface area contributed by atoms with Crippen molar-refractivity contribution in [1.82, 2.24) is 0 Å². The second-order valence-electron chi connectivity index (χ2n) is 4.71. The Balaban J connectivity index is 2.82. The van der Waals surface area contributed by atoms with E-state index in [1.807, 2.05) is 18.2 Å². The molecule has 1 N–H and O–H groups in total. The average Bonchev–Trinajstić information content (AvgIpc) is 2.43. The number of anilines is 1. The van der Waals surface area contributed by atoms with Gasteiger partial charge in [-0.25, -0.2) is 0 Å². The molecule has 0 aliphatic carbocycles. The van der Waals surface area contributed by atoms with Crippen molar-refractivity contribution in [3.8, 4) is 0 Å². The maximum absolute atomic E-state index is 9.58. The second-order valence-corrected chi connectivity index (χ2v) is 5.12. The summed E-state index contributed by atoms with van der Waals surface area (Å²) in [6.45, 7) is 4.71. The molecule has 0 aliphatic rings. The van der Waals surface area contributed by atoms with E-state index in [1.165, 1.54) is 0 Å². The zero-order chi connectivity index (χ0) is 15.0. The fourth-order valence-corrected chi connectivity index (χ4v) is 2.30. The molecule has 0 saturated heterocycles. The molecule has 0 radical (unpaired) electrons. The van der Waals surface area contributed by atoms with Gasteiger partial charge in [0.05, 0.1) is 23.4 Å². The molecular formula is C15H24ClNO3. The zero-order valence-corrected chi connectivity index (χ0v) is 13.2. The molecule has 1 rings (SSSR count). The number of ether oxygens (including phenoxy) is 2. The van der Waals surface area contributed by atoms with Crippen LogP contribution >= 0.6 is 11.6 Å². The van der Waals surface area contributed by atoms with Crippen molar-refractivity contribution in [3.63, 3.8) is 0 Å². The molecule has 1 aromatic carbocycles. The Kier molecular flexibility index (Phi) is 7.92. The molecule has 0 unspecified atom stereocenters. The Morgan fingerprint density at radius 1 is 1.20 bits per heavy atom. The Morgan fingerprint density at radius 3 is 2.45 bits per heavy atom. The molecule has 5 heteroatoms. The number of methoxy groups -OCH3 is 2. The predicted molar refractivity (Wildman–Crippen MR) is 82.7 cm³/mol. The summed E-state index contributed by atoms with van der Waals surface area (Å²) >= 11 is 6.34. The van der Waals surface area contributed by atoms with E-state index >= 15 is 0 Å². The third-order valence-corrected chi connectivity index (χ3v) is 3.44. The van der Waals surface area contributed by atoms with Gasteiger partial charge in [0.15, 0.2) is 0 Å². The molecule has 0 bridgehead atoms. The standard InChI is InChI=1S/C15H24ClNO3/c1-12(18)13-5-6-15(14(16)11-13)17(8-10-20-3)7-4-9-19-2/h5-6,11-12,18H,4,7-10H2,1-3H3/t12-/m1/s1. The Morgan fingerprint density at radius 2 is 1.90 bits per heavy atom. The largest absolute Gasteiger partial charge is 0.389 e. The van der Waals surface area contributed by atoms with Crippen molar-refractivity contribution in [2.45, 2.75) is 19.4 Å². The van der Waals surface area contributed by atoms with Gasteiger partial charge in [-0.2, -0.15) is 0 Å². The first-order valence-electron chi connectivity index (χ1n) is 6.80. The minimum absolute atomic E-state index is 0.512. The van der Waals surface area contributed by atoms with Gasteiger partial charge < -0.3 is 19.5 Å². The van der Waals surface area contributed by atoms with Gasteiger partial charge in [0, 0.05) is 33.9 Å². The van der Waals surface area contributed by atoms with Crippen molar-refractivity contribution in [3.05, 3.63) is 28.8 Å². The molecule has 20 heavy (non-hydrogen) atoms. The van der Waals surface area contributed by atoms with Gasteiger partial charge in [0.1, 0.15) is 0 Å². The van der Waals surface area contributed by atoms with E-state index in [2.05, 4.69) is 4.90 Å². The maximum Gasteiger partial charge on any atom is 0.0762 e. The number of halogens is 1. The summed E-state index contributed by atoms with van der Waals surface area (Å²) in [5, 5.41) is 10.2. The summed E-state index contributed by atoms with van der Waals surface area (Å²) in [7, 11) is 3.38. The number of aliphatic hydroxyl groups excluding tert-OH is 1. The maximum atomic E-state index is 9.58. The quantitative estimate of drug-likeness (QED) is 0.712. The van der Waals surface area contributed by atoms with Crippen LogP contribution in [0.15, 0.2) is 18.2 Å². The van der Waals surface area contributed by atoms with E-state index in [0.717, 1.165) is 30.8 Å². The van der Waals surface area contributed by atoms with Crippen molar-refractivity contribution >= 4 is 17.3 Å². The van der Waals surface area contributed by atoms with Crippen LogP contribution in [0.1, 0.15) is 25.0 Å². The van der Waals surface area contributed by atoms with Gasteiger partial charge in [0.2, 0.25) is 0 Å². The molecule has 0 spiro atoms. The molecule has 0 aliphatic heterocycles. The predicted octanol–water partition coefficient (Wildman–Crippen LogP) is 2.88. The van der Waals surface area contributed by atoms with Crippen LogP contribution in [-0.2, 0) is 9.47 Å². The molecule has 0 heterocycles. The van der Waals surface area contributed by atoms with Crippen molar-refractivity contribution in [2.75, 3.05) is 45.4 Å². The van der Waals surface area contributed by atoms with Crippen molar-refractivity contribution < 1.29 is 14.6 Å². The first kappa shape index (κ1) is 17.2. The molecule has 0 saturated carbocycles. The number of nitrogens with zero attached hydrogens (tertiary/aromatic N) is 1. The highest BCUT2D eigenvalue weighted by atomic mass is 35.5. The number of aliphatic hydroxyl groups is 1. The second kappa shape index (κ2) is 9.19. The summed E-state index contributed by atoms with van der Waals surface area (Å²) < 4.78 is 10.2. The van der Waals surface area contributed by atoms with Crippen molar-refractivity contribution in [2.24, 2.45) is 0 Å². The Hall–Kier alpha value is -0.810. The van der Waals surface area contributed by atoms with Crippen LogP contribution < -0.4 is 4.90 Å². The molecule has 0 fully saturated rings. The van der Waals surface area contributed by atoms with Gasteiger partial charge in [0.25, 0.3) is 0 Å². The molecule has 114 valence electrons. The third-order valence-electron chi connectivity index (χ3n) is 3.14. The summed E-state index contributed by atoms with van der Waals surface area (Å²) in [6, 6.07) is 5.67. The van der Waals surface area contributed by atoms with E-state index in [1.54, 1.807) is 21.1 Å². The van der Waals surface area contributed by atoms with Crippen LogP contribution in [0.2, 0.25) is 5.02 Å². The topological polar surface area (TPSA) is 41.9 Å². The molecule has 0 aromatic heterocycles. The first-order valence-corrected chi connectivity index (χ1v) is 7.18. The lowest BCUT2D eigenvalue weighted by molar-refractivity contribution is 0.191. The van der Waals surface area contributed by atoms with Gasteiger partial charge in [-0.05, 0) is 31.0 Å². The average molecular weight is 302 g/mol. The van der Waals surface area contributed by atoms with Crippen LogP contribution in [0.25, 0.3) is 0 Å². The van der Waals surface area contributed by atoms with Gasteiger partial charge in [-0.15, -0.1) is 0 Å². The Bertz CT molecular complexity index is 399. The van der Waals surface area contributed by atoms with Crippen LogP contribution in [0.4, 0.5) is 5.69 Å². The van der Waals surface area contributed by atoms with E-state index in [9.17, 15) is 5.11 Å². The number of benzene rings is 1. The van der Waals surface area contributed by atoms with E-state index < -0.39 is 6.10 Å². The lowest BCUT2D eigenvalue weighted by Crippen LogP contribution is -2.29. The fourth-order valence-electron chi connectivity index (χ4n) is 1.99. The van der Waals surface area contributed by atoms with Gasteiger partial charge in [-0.3, -0.25) is 0 Å². The summed E-state index contributed by atoms with van der Waals surface area (Å²) in [6.07, 6.45) is 0.414. The molecule has 0 amide bonds. The number of hydrogen-bond donors (Lipinski definition) is 1. The van der Waals surface area contributed by atoms with Crippen LogP contribution in [0, 0.1) is 0 Å². The highest BCUT2D eigenvalue weighted by Crippen LogP contribution is 2.29. The first-order chi connectivity index (χ1) is 9.60. The van der Waals surface area contributed by atoms with Gasteiger partial charge in [-0.1, -0.05) is 17.7 Å². The smallest absolute Gasteiger partial charge is 0.0762 e. The summed E-state index contributed by atoms with van der Waals surface area (Å²) in [4.78, 5) is 2.18. The SMILES string of the molecule is COCCCN(CCOC)c1ccc([C@@H](C)O)cc1Cl. The highest BCUT2D eigenvalue weighted by molar-refractivity contribution is 6.33. The Labute approximate surface area is 126 Å². The van der Waals surface area contributed by atoms with Crippen LogP contribution in [-0.4, -0.2) is 45.6 Å². The third kappa shape index (κ3) is 5.29. The highest BCUT2D eigenvalue weighted by Gasteiger charge is 2.12. The number of hydrogen-bond acceptors (Lipinski definition) is 4. The number of rotatable bonds is 9. The minimum atomic E-state index is -0.512. The van der Waals surface area contributed by atoms with E-state index in [-0.39, 0.29) is 0 Å². The van der Waals surface area contributed by atoms with Gasteiger partial charge >= 0.3 is 0 Å². The summed E-state index contributed by atoms with van der Waals surface area (Å²) in [5.41, 5.74) is 1.78. The minimum Gasteiger partial charge on any atom is -0.389 e. The fraction of sp³-hybridized carbons (Fsp3) is 0.600. The van der Waals surface area contributed by atoms with Crippen molar-refractivity contribution in [1.29, 1.82) is 0 Å². The van der Waals surface area contributed by atoms with Crippen LogP contribution in [0.3, 0.4) is 0 Å². The summed E-state index contributed by atoms with van der Waals surface area (Å²) in [5.74, 6) is 0. The lowest BCUT2D eigenvalue weighted by Gasteiger charge is -2.26. The van der Waals surface area contributed by atoms with E-state index in [4.69, 9.17) is 21.1 Å². The molecular weight excluding hydrogens is 278 g/mol. The van der Waals surface area contributed by atoms with Crippen LogP contribution in [0.5, 0.6) is 0 Å². The lowest BCUT2D eigenvalue weighted by atomic mass is 10.1. The van der Waals surface area contributed by atoms with E-state index in [0.29, 0.717) is 18.2 Å². The normalized spacial score (nSPS) is 12.4. The molecule has 4 nitrogen and oxygen atoms in total. The monoisotopic (exact) mass is 301 g/mol. The molecule has 1 atom stereocenters. The molecule has 1 aromatic rings.